The van der Waals surface area contributed by atoms with Gasteiger partial charge in [0.2, 0.25) is 11.8 Å². The molecular weight excluding hydrogens is 290 g/mol. The normalized spacial score (nSPS) is 16.8. The minimum Gasteiger partial charge on any atom is -0.273 e. The average Bonchev–Trinajstić information content (AvgIpc) is 2.20. The van der Waals surface area contributed by atoms with Crippen LogP contribution >= 0.6 is 27.7 Å². The molecule has 0 atom stereocenters. The van der Waals surface area contributed by atoms with E-state index in [0.717, 1.165) is 10.0 Å². The number of hydrogen-bond donors (Lipinski definition) is 0. The maximum Gasteiger partial charge on any atom is 0.243 e. The molecule has 0 unspecified atom stereocenters. The second-order valence-electron chi connectivity index (χ2n) is 3.57. The molecule has 2 rings (SSSR count). The van der Waals surface area contributed by atoms with Gasteiger partial charge in [0, 0.05) is 4.47 Å². The van der Waals surface area contributed by atoms with Gasteiger partial charge in [-0.15, -0.1) is 11.8 Å². The highest BCUT2D eigenvalue weighted by molar-refractivity contribution is 9.10. The summed E-state index contributed by atoms with van der Waals surface area (Å²) < 4.78 is 0.779. The molecule has 2 amide bonds. The summed E-state index contributed by atoms with van der Waals surface area (Å²) in [6, 6.07) is 5.59. The van der Waals surface area contributed by atoms with Crippen molar-refractivity contribution in [3.63, 3.8) is 0 Å². The molecular formula is C11H10BrNO2S. The number of halogens is 1. The maximum atomic E-state index is 11.7. The third kappa shape index (κ3) is 2.15. The van der Waals surface area contributed by atoms with Crippen LogP contribution in [0.15, 0.2) is 22.7 Å². The van der Waals surface area contributed by atoms with Crippen LogP contribution in [0.5, 0.6) is 0 Å². The van der Waals surface area contributed by atoms with Crippen LogP contribution in [-0.4, -0.2) is 23.3 Å². The van der Waals surface area contributed by atoms with Crippen molar-refractivity contribution in [2.75, 3.05) is 16.4 Å². The molecule has 1 heterocycles. The molecule has 0 spiro atoms. The molecule has 1 aliphatic rings. The Morgan fingerprint density at radius 1 is 1.25 bits per heavy atom. The summed E-state index contributed by atoms with van der Waals surface area (Å²) in [5.74, 6) is 0.439. The quantitative estimate of drug-likeness (QED) is 0.747. The van der Waals surface area contributed by atoms with E-state index in [1.807, 2.05) is 19.1 Å². The fourth-order valence-electron chi connectivity index (χ4n) is 1.56. The van der Waals surface area contributed by atoms with Crippen molar-refractivity contribution in [2.24, 2.45) is 0 Å². The molecule has 3 nitrogen and oxygen atoms in total. The molecule has 16 heavy (non-hydrogen) atoms. The van der Waals surface area contributed by atoms with Crippen molar-refractivity contribution in [3.05, 3.63) is 28.2 Å². The second-order valence-corrected chi connectivity index (χ2v) is 5.41. The zero-order valence-corrected chi connectivity index (χ0v) is 11.1. The minimum absolute atomic E-state index is 0.147. The number of rotatable bonds is 1. The van der Waals surface area contributed by atoms with E-state index in [0.29, 0.717) is 17.2 Å². The molecule has 0 aliphatic carbocycles. The fourth-order valence-corrected chi connectivity index (χ4v) is 2.94. The molecule has 1 aromatic carbocycles. The lowest BCUT2D eigenvalue weighted by Crippen LogP contribution is -2.43. The van der Waals surface area contributed by atoms with Crippen LogP contribution in [0.1, 0.15) is 5.56 Å². The van der Waals surface area contributed by atoms with E-state index in [-0.39, 0.29) is 11.8 Å². The predicted molar refractivity (Wildman–Crippen MR) is 68.7 cm³/mol. The van der Waals surface area contributed by atoms with Crippen LogP contribution < -0.4 is 4.90 Å². The first kappa shape index (κ1) is 11.7. The smallest absolute Gasteiger partial charge is 0.243 e. The molecule has 5 heteroatoms. The van der Waals surface area contributed by atoms with E-state index in [2.05, 4.69) is 15.9 Å². The summed E-state index contributed by atoms with van der Waals surface area (Å²) in [7, 11) is 0. The lowest BCUT2D eigenvalue weighted by Gasteiger charge is -2.25. The van der Waals surface area contributed by atoms with Gasteiger partial charge < -0.3 is 0 Å². The maximum absolute atomic E-state index is 11.7. The first-order valence-electron chi connectivity index (χ1n) is 4.79. The Bertz CT molecular complexity index is 445. The largest absolute Gasteiger partial charge is 0.273 e. The van der Waals surface area contributed by atoms with Gasteiger partial charge in [-0.05, 0) is 40.5 Å². The van der Waals surface area contributed by atoms with Gasteiger partial charge >= 0.3 is 0 Å². The second kappa shape index (κ2) is 4.59. The molecule has 1 fully saturated rings. The number of nitrogens with zero attached hydrogens (tertiary/aromatic N) is 1. The number of aryl methyl sites for hydroxylation is 1. The molecule has 0 radical (unpaired) electrons. The monoisotopic (exact) mass is 299 g/mol. The Labute approximate surface area is 106 Å². The molecule has 1 saturated heterocycles. The number of benzene rings is 1. The number of imide groups is 1. The lowest BCUT2D eigenvalue weighted by molar-refractivity contribution is -0.124. The SMILES string of the molecule is Cc1ccc(N2C(=O)CSCC2=O)c(Br)c1. The van der Waals surface area contributed by atoms with E-state index in [4.69, 9.17) is 0 Å². The lowest BCUT2D eigenvalue weighted by atomic mass is 10.2. The summed E-state index contributed by atoms with van der Waals surface area (Å²) in [6.45, 7) is 1.96. The van der Waals surface area contributed by atoms with Crippen LogP contribution in [0.2, 0.25) is 0 Å². The van der Waals surface area contributed by atoms with Gasteiger partial charge in [-0.25, -0.2) is 4.90 Å². The van der Waals surface area contributed by atoms with Gasteiger partial charge in [0.05, 0.1) is 17.2 Å². The zero-order chi connectivity index (χ0) is 11.7. The Hall–Kier alpha value is -0.810. The van der Waals surface area contributed by atoms with Crippen LogP contribution in [0.4, 0.5) is 5.69 Å². The van der Waals surface area contributed by atoms with Crippen molar-refractivity contribution < 1.29 is 9.59 Å². The van der Waals surface area contributed by atoms with Gasteiger partial charge in [-0.2, -0.15) is 0 Å². The highest BCUT2D eigenvalue weighted by Gasteiger charge is 2.28. The Morgan fingerprint density at radius 2 is 1.88 bits per heavy atom. The molecule has 84 valence electrons. The molecule has 0 saturated carbocycles. The van der Waals surface area contributed by atoms with Crippen LogP contribution in [0.3, 0.4) is 0 Å². The standard InChI is InChI=1S/C11H10BrNO2S/c1-7-2-3-9(8(12)4-7)13-10(14)5-16-6-11(13)15/h2-4H,5-6H2,1H3. The highest BCUT2D eigenvalue weighted by Crippen LogP contribution is 2.30. The first-order chi connectivity index (χ1) is 7.59. The number of thioether (sulfide) groups is 1. The molecule has 0 aromatic heterocycles. The average molecular weight is 300 g/mol. The molecule has 0 bridgehead atoms. The van der Waals surface area contributed by atoms with Gasteiger partial charge in [0.25, 0.3) is 0 Å². The molecule has 0 N–H and O–H groups in total. The summed E-state index contributed by atoms with van der Waals surface area (Å²) in [4.78, 5) is 24.7. The zero-order valence-electron chi connectivity index (χ0n) is 8.70. The van der Waals surface area contributed by atoms with E-state index >= 15 is 0 Å². The van der Waals surface area contributed by atoms with Crippen molar-refractivity contribution in [1.29, 1.82) is 0 Å². The van der Waals surface area contributed by atoms with Crippen molar-refractivity contribution in [1.82, 2.24) is 0 Å². The van der Waals surface area contributed by atoms with Gasteiger partial charge in [-0.3, -0.25) is 9.59 Å². The highest BCUT2D eigenvalue weighted by atomic mass is 79.9. The molecule has 1 aliphatic heterocycles. The van der Waals surface area contributed by atoms with Gasteiger partial charge in [0.15, 0.2) is 0 Å². The topological polar surface area (TPSA) is 37.4 Å². The Kier molecular flexibility index (Phi) is 3.35. The van der Waals surface area contributed by atoms with Gasteiger partial charge in [-0.1, -0.05) is 6.07 Å². The van der Waals surface area contributed by atoms with E-state index < -0.39 is 0 Å². The Balaban J connectivity index is 2.42. The van der Waals surface area contributed by atoms with E-state index in [1.54, 1.807) is 6.07 Å². The van der Waals surface area contributed by atoms with Crippen LogP contribution in [0, 0.1) is 6.92 Å². The third-order valence-electron chi connectivity index (χ3n) is 2.29. The van der Waals surface area contributed by atoms with E-state index in [1.165, 1.54) is 16.7 Å². The minimum atomic E-state index is -0.147. The number of carbonyl (C=O) groups is 2. The van der Waals surface area contributed by atoms with Crippen molar-refractivity contribution in [2.45, 2.75) is 6.92 Å². The number of carbonyl (C=O) groups excluding carboxylic acids is 2. The van der Waals surface area contributed by atoms with E-state index in [9.17, 15) is 9.59 Å². The van der Waals surface area contributed by atoms with Gasteiger partial charge in [0.1, 0.15) is 0 Å². The van der Waals surface area contributed by atoms with Crippen molar-refractivity contribution in [3.8, 4) is 0 Å². The number of amides is 2. The van der Waals surface area contributed by atoms with Crippen LogP contribution in [-0.2, 0) is 9.59 Å². The van der Waals surface area contributed by atoms with Crippen LogP contribution in [0.25, 0.3) is 0 Å². The number of anilines is 1. The summed E-state index contributed by atoms with van der Waals surface area (Å²) in [5.41, 5.74) is 1.72. The summed E-state index contributed by atoms with van der Waals surface area (Å²) in [5, 5.41) is 0. The third-order valence-corrected chi connectivity index (χ3v) is 3.83. The number of hydrogen-bond acceptors (Lipinski definition) is 3. The molecule has 1 aromatic rings. The predicted octanol–water partition coefficient (Wildman–Crippen LogP) is 2.36. The fraction of sp³-hybridized carbons (Fsp3) is 0.273. The summed E-state index contributed by atoms with van der Waals surface area (Å²) in [6.07, 6.45) is 0. The van der Waals surface area contributed by atoms with Crippen molar-refractivity contribution >= 4 is 45.2 Å². The summed E-state index contributed by atoms with van der Waals surface area (Å²) >= 11 is 4.75. The Morgan fingerprint density at radius 3 is 2.44 bits per heavy atom. The first-order valence-corrected chi connectivity index (χ1v) is 6.74.